The van der Waals surface area contributed by atoms with E-state index in [0.29, 0.717) is 37.6 Å². The SMILES string of the molecule is Cc1cc(N2CCN(C(=O)Nc3ccccc3F)CC2)nc(-c2cccc(F)c2)n1. The predicted molar refractivity (Wildman–Crippen MR) is 111 cm³/mol. The van der Waals surface area contributed by atoms with Crippen LogP contribution in [0.2, 0.25) is 0 Å². The monoisotopic (exact) mass is 409 g/mol. The average Bonchev–Trinajstić information content (AvgIpc) is 2.75. The molecule has 1 aliphatic rings. The Hall–Kier alpha value is -3.55. The van der Waals surface area contributed by atoms with E-state index in [1.54, 1.807) is 29.2 Å². The molecule has 2 aromatic carbocycles. The third kappa shape index (κ3) is 4.37. The minimum absolute atomic E-state index is 0.163. The van der Waals surface area contributed by atoms with E-state index in [1.165, 1.54) is 24.3 Å². The van der Waals surface area contributed by atoms with Crippen molar-refractivity contribution in [3.63, 3.8) is 0 Å². The highest BCUT2D eigenvalue weighted by molar-refractivity contribution is 5.89. The van der Waals surface area contributed by atoms with Crippen LogP contribution in [0.4, 0.5) is 25.1 Å². The number of rotatable bonds is 3. The van der Waals surface area contributed by atoms with Crippen LogP contribution in [0.3, 0.4) is 0 Å². The summed E-state index contributed by atoms with van der Waals surface area (Å²) in [7, 11) is 0. The summed E-state index contributed by atoms with van der Waals surface area (Å²) in [4.78, 5) is 25.2. The van der Waals surface area contributed by atoms with Crippen LogP contribution in [0.15, 0.2) is 54.6 Å². The normalized spacial score (nSPS) is 14.0. The number of aromatic nitrogens is 2. The van der Waals surface area contributed by atoms with E-state index in [4.69, 9.17) is 0 Å². The van der Waals surface area contributed by atoms with Gasteiger partial charge in [0.25, 0.3) is 0 Å². The Morgan fingerprint density at radius 3 is 2.47 bits per heavy atom. The number of anilines is 2. The standard InChI is InChI=1S/C22H21F2N5O/c1-15-13-20(27-21(25-15)16-5-4-6-17(23)14-16)28-9-11-29(12-10-28)22(30)26-19-8-3-2-7-18(19)24/h2-8,13-14H,9-12H2,1H3,(H,26,30). The summed E-state index contributed by atoms with van der Waals surface area (Å²) < 4.78 is 27.3. The van der Waals surface area contributed by atoms with E-state index in [-0.39, 0.29) is 17.5 Å². The summed E-state index contributed by atoms with van der Waals surface area (Å²) in [5.41, 5.74) is 1.55. The number of amides is 2. The second-order valence-corrected chi connectivity index (χ2v) is 7.09. The van der Waals surface area contributed by atoms with Crippen LogP contribution in [0, 0.1) is 18.6 Å². The van der Waals surface area contributed by atoms with Crippen molar-refractivity contribution < 1.29 is 13.6 Å². The molecule has 0 atom stereocenters. The van der Waals surface area contributed by atoms with Crippen molar-refractivity contribution in [2.45, 2.75) is 6.92 Å². The maximum atomic E-state index is 13.8. The van der Waals surface area contributed by atoms with E-state index < -0.39 is 5.82 Å². The molecule has 2 amide bonds. The van der Waals surface area contributed by atoms with Gasteiger partial charge in [0.2, 0.25) is 0 Å². The largest absolute Gasteiger partial charge is 0.353 e. The molecule has 0 saturated carbocycles. The van der Waals surface area contributed by atoms with E-state index in [0.717, 1.165) is 11.5 Å². The van der Waals surface area contributed by atoms with Gasteiger partial charge in [-0.05, 0) is 31.2 Å². The zero-order chi connectivity index (χ0) is 21.1. The highest BCUT2D eigenvalue weighted by atomic mass is 19.1. The summed E-state index contributed by atoms with van der Waals surface area (Å²) in [5.74, 6) is 0.389. The smallest absolute Gasteiger partial charge is 0.322 e. The minimum Gasteiger partial charge on any atom is -0.353 e. The molecule has 6 nitrogen and oxygen atoms in total. The van der Waals surface area contributed by atoms with Gasteiger partial charge in [0, 0.05) is 43.5 Å². The Bertz CT molecular complexity index is 1070. The lowest BCUT2D eigenvalue weighted by molar-refractivity contribution is 0.208. The quantitative estimate of drug-likeness (QED) is 0.708. The van der Waals surface area contributed by atoms with Crippen LogP contribution in [0.5, 0.6) is 0 Å². The van der Waals surface area contributed by atoms with Crippen molar-refractivity contribution >= 4 is 17.5 Å². The number of hydrogen-bond donors (Lipinski definition) is 1. The molecule has 1 saturated heterocycles. The Morgan fingerprint density at radius 2 is 1.73 bits per heavy atom. The molecule has 1 aromatic heterocycles. The molecule has 8 heteroatoms. The molecular weight excluding hydrogens is 388 g/mol. The van der Waals surface area contributed by atoms with Crippen molar-refractivity contribution in [3.05, 3.63) is 71.9 Å². The van der Waals surface area contributed by atoms with E-state index in [9.17, 15) is 13.6 Å². The fourth-order valence-corrected chi connectivity index (χ4v) is 3.37. The van der Waals surface area contributed by atoms with Crippen LogP contribution in [0.25, 0.3) is 11.4 Å². The number of carbonyl (C=O) groups excluding carboxylic acids is 1. The maximum absolute atomic E-state index is 13.8. The minimum atomic E-state index is -0.467. The van der Waals surface area contributed by atoms with Crippen LogP contribution in [-0.2, 0) is 0 Å². The van der Waals surface area contributed by atoms with Crippen molar-refractivity contribution in [2.24, 2.45) is 0 Å². The highest BCUT2D eigenvalue weighted by Crippen LogP contribution is 2.22. The molecule has 0 radical (unpaired) electrons. The molecule has 0 aliphatic carbocycles. The first-order chi connectivity index (χ1) is 14.5. The summed E-state index contributed by atoms with van der Waals surface area (Å²) in [6.45, 7) is 3.96. The van der Waals surface area contributed by atoms with Crippen molar-refractivity contribution in [2.75, 3.05) is 36.4 Å². The number of nitrogens with one attached hydrogen (secondary N) is 1. The number of para-hydroxylation sites is 1. The Morgan fingerprint density at radius 1 is 0.967 bits per heavy atom. The Balaban J connectivity index is 1.44. The Kier molecular flexibility index (Phi) is 5.56. The van der Waals surface area contributed by atoms with Crippen molar-refractivity contribution in [1.82, 2.24) is 14.9 Å². The molecule has 30 heavy (non-hydrogen) atoms. The van der Waals surface area contributed by atoms with Crippen molar-refractivity contribution in [1.29, 1.82) is 0 Å². The third-order valence-corrected chi connectivity index (χ3v) is 4.93. The lowest BCUT2D eigenvalue weighted by Gasteiger charge is -2.35. The second-order valence-electron chi connectivity index (χ2n) is 7.09. The van der Waals surface area contributed by atoms with E-state index in [2.05, 4.69) is 20.2 Å². The van der Waals surface area contributed by atoms with Gasteiger partial charge in [0.1, 0.15) is 17.5 Å². The fourth-order valence-electron chi connectivity index (χ4n) is 3.37. The number of aryl methyl sites for hydroxylation is 1. The summed E-state index contributed by atoms with van der Waals surface area (Å²) >= 11 is 0. The summed E-state index contributed by atoms with van der Waals surface area (Å²) in [6, 6.07) is 13.8. The zero-order valence-corrected chi connectivity index (χ0v) is 16.5. The van der Waals surface area contributed by atoms with Gasteiger partial charge >= 0.3 is 6.03 Å². The first-order valence-corrected chi connectivity index (χ1v) is 9.66. The van der Waals surface area contributed by atoms with Gasteiger partial charge < -0.3 is 15.1 Å². The summed E-state index contributed by atoms with van der Waals surface area (Å²) in [5, 5.41) is 2.61. The van der Waals surface area contributed by atoms with E-state index >= 15 is 0 Å². The zero-order valence-electron chi connectivity index (χ0n) is 16.5. The second kappa shape index (κ2) is 8.44. The van der Waals surface area contributed by atoms with Crippen LogP contribution >= 0.6 is 0 Å². The van der Waals surface area contributed by atoms with Gasteiger partial charge in [-0.25, -0.2) is 23.5 Å². The first-order valence-electron chi connectivity index (χ1n) is 9.66. The number of urea groups is 1. The third-order valence-electron chi connectivity index (χ3n) is 4.93. The molecule has 0 spiro atoms. The number of nitrogens with zero attached hydrogens (tertiary/aromatic N) is 4. The Labute approximate surface area is 173 Å². The molecule has 1 aliphatic heterocycles. The number of benzene rings is 2. The van der Waals surface area contributed by atoms with Gasteiger partial charge in [-0.3, -0.25) is 0 Å². The highest BCUT2D eigenvalue weighted by Gasteiger charge is 2.23. The lowest BCUT2D eigenvalue weighted by Crippen LogP contribution is -2.50. The maximum Gasteiger partial charge on any atom is 0.322 e. The first kappa shape index (κ1) is 19.8. The number of hydrogen-bond acceptors (Lipinski definition) is 4. The molecule has 1 N–H and O–H groups in total. The van der Waals surface area contributed by atoms with Crippen molar-refractivity contribution in [3.8, 4) is 11.4 Å². The fraction of sp³-hybridized carbons (Fsp3) is 0.227. The molecule has 0 unspecified atom stereocenters. The van der Waals surface area contributed by atoms with Gasteiger partial charge in [-0.1, -0.05) is 24.3 Å². The lowest BCUT2D eigenvalue weighted by atomic mass is 10.2. The summed E-state index contributed by atoms with van der Waals surface area (Å²) in [6.07, 6.45) is 0. The molecule has 4 rings (SSSR count). The molecular formula is C22H21F2N5O. The number of piperazine rings is 1. The van der Waals surface area contributed by atoms with Gasteiger partial charge in [-0.2, -0.15) is 0 Å². The van der Waals surface area contributed by atoms with Gasteiger partial charge in [-0.15, -0.1) is 0 Å². The number of carbonyl (C=O) groups is 1. The molecule has 3 aromatic rings. The molecule has 1 fully saturated rings. The predicted octanol–water partition coefficient (Wildman–Crippen LogP) is 4.08. The van der Waals surface area contributed by atoms with Crippen LogP contribution < -0.4 is 10.2 Å². The van der Waals surface area contributed by atoms with Crippen LogP contribution in [-0.4, -0.2) is 47.1 Å². The molecule has 154 valence electrons. The average molecular weight is 409 g/mol. The van der Waals surface area contributed by atoms with Crippen LogP contribution in [0.1, 0.15) is 5.69 Å². The molecule has 0 bridgehead atoms. The topological polar surface area (TPSA) is 61.4 Å². The van der Waals surface area contributed by atoms with E-state index in [1.807, 2.05) is 13.0 Å². The number of halogens is 2. The van der Waals surface area contributed by atoms with Gasteiger partial charge in [0.05, 0.1) is 5.69 Å². The van der Waals surface area contributed by atoms with Gasteiger partial charge in [0.15, 0.2) is 5.82 Å². The molecule has 2 heterocycles.